The van der Waals surface area contributed by atoms with E-state index in [2.05, 4.69) is 10.3 Å². The average Bonchev–Trinajstić information content (AvgIpc) is 3.16. The summed E-state index contributed by atoms with van der Waals surface area (Å²) in [7, 11) is 0. The van der Waals surface area contributed by atoms with Crippen LogP contribution < -0.4 is 5.32 Å². The topological polar surface area (TPSA) is 55.1 Å². The lowest BCUT2D eigenvalue weighted by Crippen LogP contribution is -2.23. The number of aromatic nitrogens is 1. The summed E-state index contributed by atoms with van der Waals surface area (Å²) in [5.41, 5.74) is 3.23. The molecule has 0 atom stereocenters. The van der Waals surface area contributed by atoms with Crippen molar-refractivity contribution < 1.29 is 13.6 Å². The third kappa shape index (κ3) is 4.53. The molecule has 0 unspecified atom stereocenters. The molecule has 2 heterocycles. The largest absolute Gasteiger partial charge is 0.463 e. The molecule has 4 nitrogen and oxygen atoms in total. The number of carbonyl (C=O) groups is 1. The van der Waals surface area contributed by atoms with Gasteiger partial charge in [-0.1, -0.05) is 18.2 Å². The van der Waals surface area contributed by atoms with Gasteiger partial charge in [0.25, 0.3) is 0 Å². The molecule has 0 bridgehead atoms. The number of aryl methyl sites for hydroxylation is 2. The van der Waals surface area contributed by atoms with E-state index in [4.69, 9.17) is 4.42 Å². The maximum atomic E-state index is 13.2. The molecule has 1 aromatic carbocycles. The second-order valence-electron chi connectivity index (χ2n) is 5.89. The molecule has 0 saturated heterocycles. The predicted molar refractivity (Wildman–Crippen MR) is 93.2 cm³/mol. The van der Waals surface area contributed by atoms with Crippen molar-refractivity contribution in [1.29, 1.82) is 0 Å². The molecule has 0 spiro atoms. The van der Waals surface area contributed by atoms with Crippen LogP contribution in [-0.4, -0.2) is 10.9 Å². The number of hydrogen-bond donors (Lipinski definition) is 1. The molecule has 128 valence electrons. The van der Waals surface area contributed by atoms with Gasteiger partial charge in [-0.25, -0.2) is 4.39 Å². The summed E-state index contributed by atoms with van der Waals surface area (Å²) >= 11 is 0. The van der Waals surface area contributed by atoms with Crippen molar-refractivity contribution in [2.75, 3.05) is 0 Å². The number of carbonyl (C=O) groups excluding carboxylic acids is 1. The zero-order valence-electron chi connectivity index (χ0n) is 14.0. The van der Waals surface area contributed by atoms with Gasteiger partial charge in [0.15, 0.2) is 5.76 Å². The number of benzene rings is 1. The van der Waals surface area contributed by atoms with Crippen LogP contribution in [-0.2, 0) is 17.8 Å². The lowest BCUT2D eigenvalue weighted by molar-refractivity contribution is -0.121. The monoisotopic (exact) mass is 338 g/mol. The molecule has 0 fully saturated rings. The molecule has 25 heavy (non-hydrogen) atoms. The number of rotatable bonds is 6. The Morgan fingerprint density at radius 3 is 2.72 bits per heavy atom. The van der Waals surface area contributed by atoms with Gasteiger partial charge < -0.3 is 9.73 Å². The zero-order valence-corrected chi connectivity index (χ0v) is 14.0. The van der Waals surface area contributed by atoms with Gasteiger partial charge in [-0.2, -0.15) is 0 Å². The molecule has 1 N–H and O–H groups in total. The molecule has 5 heteroatoms. The van der Waals surface area contributed by atoms with Crippen molar-refractivity contribution in [1.82, 2.24) is 10.3 Å². The Bertz CT molecular complexity index is 843. The molecular formula is C20H19FN2O2. The number of nitrogens with one attached hydrogen (secondary N) is 1. The fourth-order valence-electron chi connectivity index (χ4n) is 2.51. The molecular weight excluding hydrogens is 319 g/mol. The maximum Gasteiger partial charge on any atom is 0.220 e. The van der Waals surface area contributed by atoms with Crippen LogP contribution in [0.1, 0.15) is 23.1 Å². The summed E-state index contributed by atoms with van der Waals surface area (Å²) in [5, 5.41) is 2.87. The van der Waals surface area contributed by atoms with E-state index < -0.39 is 0 Å². The van der Waals surface area contributed by atoms with E-state index >= 15 is 0 Å². The second kappa shape index (κ2) is 7.75. The van der Waals surface area contributed by atoms with E-state index in [0.717, 1.165) is 16.8 Å². The van der Waals surface area contributed by atoms with Gasteiger partial charge in [0.2, 0.25) is 5.91 Å². The smallest absolute Gasteiger partial charge is 0.220 e. The Hall–Kier alpha value is -2.95. The first-order valence-electron chi connectivity index (χ1n) is 8.12. The third-order valence-electron chi connectivity index (χ3n) is 3.95. The highest BCUT2D eigenvalue weighted by molar-refractivity contribution is 5.76. The summed E-state index contributed by atoms with van der Waals surface area (Å²) in [6.07, 6.45) is 4.28. The van der Waals surface area contributed by atoms with E-state index in [1.165, 1.54) is 6.07 Å². The summed E-state index contributed by atoms with van der Waals surface area (Å²) in [5.74, 6) is 0.445. The summed E-state index contributed by atoms with van der Waals surface area (Å²) in [6.45, 7) is 2.14. The van der Waals surface area contributed by atoms with Crippen molar-refractivity contribution in [3.8, 4) is 11.5 Å². The maximum absolute atomic E-state index is 13.2. The molecule has 3 aromatic rings. The van der Waals surface area contributed by atoms with Crippen LogP contribution in [0.25, 0.3) is 11.5 Å². The molecule has 0 radical (unpaired) electrons. The highest BCUT2D eigenvalue weighted by Crippen LogP contribution is 2.17. The van der Waals surface area contributed by atoms with E-state index in [1.807, 2.05) is 24.3 Å². The summed E-state index contributed by atoms with van der Waals surface area (Å²) in [4.78, 5) is 16.3. The van der Waals surface area contributed by atoms with Crippen LogP contribution in [0.15, 0.2) is 59.3 Å². The second-order valence-corrected chi connectivity index (χ2v) is 5.89. The predicted octanol–water partition coefficient (Wildman–Crippen LogP) is 4.04. The number of hydrogen-bond acceptors (Lipinski definition) is 3. The minimum atomic E-state index is -0.223. The molecule has 0 saturated carbocycles. The number of amides is 1. The van der Waals surface area contributed by atoms with Crippen molar-refractivity contribution in [3.05, 3.63) is 77.4 Å². The van der Waals surface area contributed by atoms with Crippen LogP contribution in [0.3, 0.4) is 0 Å². The fraction of sp³-hybridized carbons (Fsp3) is 0.200. The van der Waals surface area contributed by atoms with E-state index in [-0.39, 0.29) is 11.7 Å². The van der Waals surface area contributed by atoms with Crippen LogP contribution in [0.2, 0.25) is 0 Å². The molecule has 0 aliphatic carbocycles. The lowest BCUT2D eigenvalue weighted by Gasteiger charge is -2.07. The molecule has 0 aliphatic rings. The summed E-state index contributed by atoms with van der Waals surface area (Å²) in [6, 6.07) is 12.4. The van der Waals surface area contributed by atoms with Gasteiger partial charge in [-0.05, 0) is 54.3 Å². The highest BCUT2D eigenvalue weighted by atomic mass is 19.1. The van der Waals surface area contributed by atoms with Gasteiger partial charge in [0.1, 0.15) is 11.5 Å². The number of nitrogens with zero attached hydrogens (tertiary/aromatic N) is 1. The number of furan rings is 1. The Morgan fingerprint density at radius 2 is 2.04 bits per heavy atom. The molecule has 1 amide bonds. The van der Waals surface area contributed by atoms with E-state index in [9.17, 15) is 9.18 Å². The first-order valence-corrected chi connectivity index (χ1v) is 8.12. The van der Waals surface area contributed by atoms with Crippen molar-refractivity contribution in [2.24, 2.45) is 0 Å². The minimum Gasteiger partial charge on any atom is -0.463 e. The Morgan fingerprint density at radius 1 is 1.20 bits per heavy atom. The van der Waals surface area contributed by atoms with Gasteiger partial charge in [-0.3, -0.25) is 9.78 Å². The van der Waals surface area contributed by atoms with Crippen LogP contribution in [0.4, 0.5) is 4.39 Å². The summed E-state index contributed by atoms with van der Waals surface area (Å²) < 4.78 is 18.5. The fourth-order valence-corrected chi connectivity index (χ4v) is 2.51. The van der Waals surface area contributed by atoms with Crippen LogP contribution >= 0.6 is 0 Å². The van der Waals surface area contributed by atoms with Crippen LogP contribution in [0.5, 0.6) is 0 Å². The molecule has 2 aromatic heterocycles. The van der Waals surface area contributed by atoms with Crippen LogP contribution in [0, 0.1) is 12.7 Å². The highest BCUT2D eigenvalue weighted by Gasteiger charge is 2.06. The van der Waals surface area contributed by atoms with E-state index in [1.54, 1.807) is 31.5 Å². The normalized spacial score (nSPS) is 10.6. The Balaban J connectivity index is 1.48. The van der Waals surface area contributed by atoms with Gasteiger partial charge in [0, 0.05) is 19.2 Å². The number of halogens is 1. The van der Waals surface area contributed by atoms with Gasteiger partial charge in [-0.15, -0.1) is 0 Å². The quantitative estimate of drug-likeness (QED) is 0.738. The van der Waals surface area contributed by atoms with Crippen molar-refractivity contribution in [3.63, 3.8) is 0 Å². The SMILES string of the molecule is Cc1cc(CCC(=O)NCc2ccc(-c3ccco3)nc2)ccc1F. The van der Waals surface area contributed by atoms with Gasteiger partial charge >= 0.3 is 0 Å². The Kier molecular flexibility index (Phi) is 5.23. The zero-order chi connectivity index (χ0) is 17.6. The molecule has 0 aliphatic heterocycles. The molecule has 3 rings (SSSR count). The van der Waals surface area contributed by atoms with Crippen molar-refractivity contribution >= 4 is 5.91 Å². The standard InChI is InChI=1S/C20H19FN2O2/c1-14-11-15(4-7-17(14)21)6-9-20(24)23-13-16-5-8-18(22-12-16)19-3-2-10-25-19/h2-5,7-8,10-12H,6,9,13H2,1H3,(H,23,24). The lowest BCUT2D eigenvalue weighted by atomic mass is 10.1. The third-order valence-corrected chi connectivity index (χ3v) is 3.95. The minimum absolute atomic E-state index is 0.0444. The first-order chi connectivity index (χ1) is 12.1. The Labute approximate surface area is 145 Å². The number of pyridine rings is 1. The van der Waals surface area contributed by atoms with Crippen molar-refractivity contribution in [2.45, 2.75) is 26.3 Å². The van der Waals surface area contributed by atoms with E-state index in [0.29, 0.717) is 30.7 Å². The average molecular weight is 338 g/mol. The first kappa shape index (κ1) is 16.9. The van der Waals surface area contributed by atoms with Gasteiger partial charge in [0.05, 0.1) is 6.26 Å².